The van der Waals surface area contributed by atoms with E-state index in [1.54, 1.807) is 11.4 Å². The number of ether oxygens (including phenoxy) is 1. The lowest BCUT2D eigenvalue weighted by molar-refractivity contribution is 0.0396. The molecule has 28 heavy (non-hydrogen) atoms. The number of nitrogens with one attached hydrogen (secondary N) is 2. The minimum absolute atomic E-state index is 0.0749. The predicted molar refractivity (Wildman–Crippen MR) is 110 cm³/mol. The molecular weight excluding hydrogens is 376 g/mol. The number of hydrogen-bond donors (Lipinski definition) is 2. The van der Waals surface area contributed by atoms with Gasteiger partial charge < -0.3 is 15.4 Å². The number of rotatable bonds is 4. The second kappa shape index (κ2) is 7.91. The van der Waals surface area contributed by atoms with Crippen LogP contribution in [0.1, 0.15) is 50.1 Å². The highest BCUT2D eigenvalue weighted by molar-refractivity contribution is 7.89. The molecule has 1 saturated carbocycles. The molecule has 1 aromatic rings. The van der Waals surface area contributed by atoms with Crippen LogP contribution >= 0.6 is 0 Å². The first-order chi connectivity index (χ1) is 13.5. The van der Waals surface area contributed by atoms with Crippen LogP contribution in [-0.2, 0) is 10.0 Å². The van der Waals surface area contributed by atoms with Crippen molar-refractivity contribution < 1.29 is 13.2 Å². The monoisotopic (exact) mass is 406 g/mol. The maximum absolute atomic E-state index is 11.9. The van der Waals surface area contributed by atoms with Crippen molar-refractivity contribution in [1.29, 1.82) is 0 Å². The second-order valence-electron chi connectivity index (χ2n) is 8.00. The molecule has 2 aliphatic heterocycles. The van der Waals surface area contributed by atoms with Crippen LogP contribution in [0, 0.1) is 0 Å². The summed E-state index contributed by atoms with van der Waals surface area (Å²) in [6.45, 7) is 1.62. The summed E-state index contributed by atoms with van der Waals surface area (Å²) in [5.74, 6) is 1.93. The van der Waals surface area contributed by atoms with Gasteiger partial charge >= 0.3 is 0 Å². The quantitative estimate of drug-likeness (QED) is 0.591. The lowest BCUT2D eigenvalue weighted by Gasteiger charge is -2.40. The fourth-order valence-electron chi connectivity index (χ4n) is 4.67. The highest BCUT2D eigenvalue weighted by Crippen LogP contribution is 2.46. The largest absolute Gasteiger partial charge is 0.487 e. The Hall–Kier alpha value is -1.80. The average Bonchev–Trinajstić information content (AvgIpc) is 3.26. The zero-order valence-corrected chi connectivity index (χ0v) is 17.3. The molecule has 1 atom stereocenters. The predicted octanol–water partition coefficient (Wildman–Crippen LogP) is 2.02. The molecule has 1 unspecified atom stereocenters. The van der Waals surface area contributed by atoms with E-state index in [2.05, 4.69) is 27.8 Å². The van der Waals surface area contributed by atoms with E-state index in [0.717, 1.165) is 37.0 Å². The van der Waals surface area contributed by atoms with Crippen LogP contribution in [0.3, 0.4) is 0 Å². The van der Waals surface area contributed by atoms with Gasteiger partial charge in [-0.3, -0.25) is 4.99 Å². The Labute approximate surface area is 167 Å². The molecule has 154 valence electrons. The maximum atomic E-state index is 11.9. The Morgan fingerprint density at radius 3 is 2.79 bits per heavy atom. The van der Waals surface area contributed by atoms with Crippen LogP contribution < -0.4 is 15.4 Å². The van der Waals surface area contributed by atoms with E-state index >= 15 is 0 Å². The molecule has 3 aliphatic rings. The van der Waals surface area contributed by atoms with Crippen molar-refractivity contribution in [2.45, 2.75) is 50.2 Å². The molecule has 1 aromatic carbocycles. The smallest absolute Gasteiger partial charge is 0.214 e. The van der Waals surface area contributed by atoms with E-state index < -0.39 is 10.0 Å². The summed E-state index contributed by atoms with van der Waals surface area (Å²) < 4.78 is 31.9. The molecule has 2 N–H and O–H groups in total. The van der Waals surface area contributed by atoms with Gasteiger partial charge in [0.15, 0.2) is 5.96 Å². The average molecular weight is 407 g/mol. The van der Waals surface area contributed by atoms with E-state index in [-0.39, 0.29) is 17.4 Å². The molecule has 1 aliphatic carbocycles. The molecule has 2 heterocycles. The topological polar surface area (TPSA) is 83.0 Å². The molecule has 8 heteroatoms. The number of sulfonamides is 1. The Balaban J connectivity index is 1.41. The molecule has 2 fully saturated rings. The van der Waals surface area contributed by atoms with Gasteiger partial charge in [0.2, 0.25) is 10.0 Å². The molecule has 7 nitrogen and oxygen atoms in total. The Bertz CT molecular complexity index is 834. The molecule has 0 radical (unpaired) electrons. The molecule has 0 bridgehead atoms. The van der Waals surface area contributed by atoms with Gasteiger partial charge in [-0.05, 0) is 38.2 Å². The molecule has 1 spiro atoms. The number of fused-ring (bicyclic) bond motifs is 1. The zero-order valence-electron chi connectivity index (χ0n) is 16.5. The third-order valence-corrected chi connectivity index (χ3v) is 8.06. The van der Waals surface area contributed by atoms with E-state index in [1.165, 1.54) is 12.8 Å². The first-order valence-electron chi connectivity index (χ1n) is 10.2. The van der Waals surface area contributed by atoms with Crippen LogP contribution in [-0.4, -0.2) is 56.7 Å². The van der Waals surface area contributed by atoms with Gasteiger partial charge in [-0.25, -0.2) is 12.7 Å². The van der Waals surface area contributed by atoms with Crippen LogP contribution in [0.2, 0.25) is 0 Å². The Kier molecular flexibility index (Phi) is 5.51. The second-order valence-corrected chi connectivity index (χ2v) is 10.1. The number of hydrogen-bond acceptors (Lipinski definition) is 4. The third kappa shape index (κ3) is 3.98. The Morgan fingerprint density at radius 2 is 2.07 bits per heavy atom. The standard InChI is InChI=1S/C20H30N4O3S/c1-21-19(22-11-13-24-12-6-14-28(24,25)26)23-17-15-20(9-4-5-10-20)27-18-8-3-2-7-16(17)18/h2-3,7-8,17H,4-6,9-15H2,1H3,(H2,21,22,23). The highest BCUT2D eigenvalue weighted by Gasteiger charge is 2.43. The summed E-state index contributed by atoms with van der Waals surface area (Å²) in [5.41, 5.74) is 1.08. The van der Waals surface area contributed by atoms with Crippen LogP contribution in [0.25, 0.3) is 0 Å². The van der Waals surface area contributed by atoms with Gasteiger partial charge in [0.25, 0.3) is 0 Å². The number of nitrogens with zero attached hydrogens (tertiary/aromatic N) is 2. The number of guanidine groups is 1. The SMILES string of the molecule is CN=C(NCCN1CCCS1(=O)=O)NC1CC2(CCCC2)Oc2ccccc21. The third-order valence-electron chi connectivity index (χ3n) is 6.10. The van der Waals surface area contributed by atoms with Crippen LogP contribution in [0.5, 0.6) is 5.75 Å². The maximum Gasteiger partial charge on any atom is 0.214 e. The van der Waals surface area contributed by atoms with Crippen molar-refractivity contribution in [2.24, 2.45) is 4.99 Å². The highest BCUT2D eigenvalue weighted by atomic mass is 32.2. The fourth-order valence-corrected chi connectivity index (χ4v) is 6.20. The first kappa shape index (κ1) is 19.5. The van der Waals surface area contributed by atoms with Gasteiger partial charge in [0.1, 0.15) is 11.4 Å². The van der Waals surface area contributed by atoms with Crippen LogP contribution in [0.15, 0.2) is 29.3 Å². The minimum Gasteiger partial charge on any atom is -0.487 e. The van der Waals surface area contributed by atoms with Crippen molar-refractivity contribution in [3.63, 3.8) is 0 Å². The van der Waals surface area contributed by atoms with E-state index in [4.69, 9.17) is 4.74 Å². The van der Waals surface area contributed by atoms with Crippen molar-refractivity contribution in [1.82, 2.24) is 14.9 Å². The van der Waals surface area contributed by atoms with E-state index in [9.17, 15) is 8.42 Å². The van der Waals surface area contributed by atoms with Crippen molar-refractivity contribution in [3.05, 3.63) is 29.8 Å². The number of aliphatic imine (C=N–C) groups is 1. The number of benzene rings is 1. The van der Waals surface area contributed by atoms with Gasteiger partial charge in [0, 0.05) is 38.7 Å². The van der Waals surface area contributed by atoms with Crippen molar-refractivity contribution in [2.75, 3.05) is 32.4 Å². The lowest BCUT2D eigenvalue weighted by atomic mass is 9.86. The zero-order chi connectivity index (χ0) is 19.6. The Morgan fingerprint density at radius 1 is 1.29 bits per heavy atom. The van der Waals surface area contributed by atoms with Gasteiger partial charge in [0.05, 0.1) is 11.8 Å². The van der Waals surface area contributed by atoms with Gasteiger partial charge in [-0.15, -0.1) is 0 Å². The molecule has 4 rings (SSSR count). The molecule has 1 saturated heterocycles. The fraction of sp³-hybridized carbons (Fsp3) is 0.650. The lowest BCUT2D eigenvalue weighted by Crippen LogP contribution is -2.47. The molecular formula is C20H30N4O3S. The van der Waals surface area contributed by atoms with Crippen molar-refractivity contribution in [3.8, 4) is 5.75 Å². The summed E-state index contributed by atoms with van der Waals surface area (Å²) >= 11 is 0. The summed E-state index contributed by atoms with van der Waals surface area (Å²) in [5, 5.41) is 6.83. The first-order valence-corrected chi connectivity index (χ1v) is 11.9. The summed E-state index contributed by atoms with van der Waals surface area (Å²) in [4.78, 5) is 4.36. The number of para-hydroxylation sites is 1. The summed E-state index contributed by atoms with van der Waals surface area (Å²) in [7, 11) is -1.31. The molecule has 0 amide bonds. The van der Waals surface area contributed by atoms with Gasteiger partial charge in [-0.2, -0.15) is 0 Å². The minimum atomic E-state index is -3.06. The normalized spacial score (nSPS) is 26.0. The van der Waals surface area contributed by atoms with Gasteiger partial charge in [-0.1, -0.05) is 18.2 Å². The van der Waals surface area contributed by atoms with E-state index in [1.807, 2.05) is 12.1 Å². The van der Waals surface area contributed by atoms with Crippen molar-refractivity contribution >= 4 is 16.0 Å². The summed E-state index contributed by atoms with van der Waals surface area (Å²) in [6.07, 6.45) is 6.26. The van der Waals surface area contributed by atoms with E-state index in [0.29, 0.717) is 25.6 Å². The summed E-state index contributed by atoms with van der Waals surface area (Å²) in [6, 6.07) is 8.35. The molecule has 0 aromatic heterocycles. The van der Waals surface area contributed by atoms with Crippen LogP contribution in [0.4, 0.5) is 0 Å².